The Labute approximate surface area is 109 Å². The molecule has 0 aliphatic heterocycles. The topological polar surface area (TPSA) is 96.3 Å². The third-order valence-electron chi connectivity index (χ3n) is 3.83. The zero-order chi connectivity index (χ0) is 12.9. The fraction of sp³-hybridized carbons (Fsp3) is 0.308. The van der Waals surface area contributed by atoms with Gasteiger partial charge in [-0.05, 0) is 25.3 Å². The number of hydrogen-bond donors (Lipinski definition) is 3. The lowest BCUT2D eigenvalue weighted by molar-refractivity contribution is 0.240. The van der Waals surface area contributed by atoms with Gasteiger partial charge in [0.15, 0.2) is 5.82 Å². The van der Waals surface area contributed by atoms with Crippen molar-refractivity contribution in [3.05, 3.63) is 30.5 Å². The Bertz CT molecular complexity index is 703. The summed E-state index contributed by atoms with van der Waals surface area (Å²) in [6, 6.07) is 1.88. The second-order valence-electron chi connectivity index (χ2n) is 5.13. The van der Waals surface area contributed by atoms with Gasteiger partial charge in [0.2, 0.25) is 0 Å². The molecule has 0 bridgehead atoms. The molecule has 3 aromatic heterocycles. The molecule has 0 amide bonds. The van der Waals surface area contributed by atoms with E-state index < -0.39 is 0 Å². The van der Waals surface area contributed by atoms with Crippen LogP contribution in [0.5, 0.6) is 0 Å². The summed E-state index contributed by atoms with van der Waals surface area (Å²) in [5.41, 5.74) is 8.66. The molecular formula is C13H14N6. The second kappa shape index (κ2) is 3.64. The first-order chi connectivity index (χ1) is 9.24. The minimum atomic E-state index is -0.272. The Morgan fingerprint density at radius 3 is 2.84 bits per heavy atom. The van der Waals surface area contributed by atoms with Gasteiger partial charge in [-0.25, -0.2) is 9.97 Å². The van der Waals surface area contributed by atoms with Crippen molar-refractivity contribution in [1.82, 2.24) is 24.9 Å². The number of aromatic amines is 2. The Balaban J connectivity index is 1.75. The van der Waals surface area contributed by atoms with E-state index in [1.165, 1.54) is 6.42 Å². The molecular weight excluding hydrogens is 240 g/mol. The quantitative estimate of drug-likeness (QED) is 0.648. The van der Waals surface area contributed by atoms with Crippen molar-refractivity contribution >= 4 is 11.0 Å². The first kappa shape index (κ1) is 10.7. The first-order valence-electron chi connectivity index (χ1n) is 6.39. The zero-order valence-corrected chi connectivity index (χ0v) is 10.3. The molecule has 6 heteroatoms. The fourth-order valence-corrected chi connectivity index (χ4v) is 2.47. The van der Waals surface area contributed by atoms with Gasteiger partial charge in [-0.15, -0.1) is 0 Å². The van der Waals surface area contributed by atoms with E-state index in [9.17, 15) is 0 Å². The minimum absolute atomic E-state index is 0.272. The van der Waals surface area contributed by atoms with Crippen LogP contribution >= 0.6 is 0 Å². The standard InChI is InChI=1S/C13H14N6/c14-13(3-1-4-13)12-16-7-10(19-12)11-17-8-2-5-15-6-9(8)18-11/h2,5-7H,1,3-4,14H2,(H,16,19)(H,17,18). The number of rotatable bonds is 2. The summed E-state index contributed by atoms with van der Waals surface area (Å²) in [5, 5.41) is 0. The highest BCUT2D eigenvalue weighted by molar-refractivity contribution is 5.77. The molecule has 1 aliphatic carbocycles. The van der Waals surface area contributed by atoms with E-state index in [2.05, 4.69) is 24.9 Å². The number of H-pyrrole nitrogens is 2. The second-order valence-corrected chi connectivity index (χ2v) is 5.13. The molecule has 0 spiro atoms. The maximum Gasteiger partial charge on any atom is 0.156 e. The third-order valence-corrected chi connectivity index (χ3v) is 3.83. The van der Waals surface area contributed by atoms with Crippen LogP contribution in [0.2, 0.25) is 0 Å². The van der Waals surface area contributed by atoms with Gasteiger partial charge in [0.1, 0.15) is 11.5 Å². The summed E-state index contributed by atoms with van der Waals surface area (Å²) in [6.07, 6.45) is 8.43. The Hall–Kier alpha value is -2.21. The van der Waals surface area contributed by atoms with Crippen molar-refractivity contribution in [3.8, 4) is 11.5 Å². The normalized spacial score (nSPS) is 17.5. The van der Waals surface area contributed by atoms with Gasteiger partial charge in [0, 0.05) is 6.20 Å². The van der Waals surface area contributed by atoms with Crippen molar-refractivity contribution < 1.29 is 0 Å². The van der Waals surface area contributed by atoms with Crippen LogP contribution in [-0.2, 0) is 5.54 Å². The molecule has 0 unspecified atom stereocenters. The molecule has 3 heterocycles. The average Bonchev–Trinajstić information content (AvgIpc) is 3.02. The number of imidazole rings is 2. The minimum Gasteiger partial charge on any atom is -0.338 e. The van der Waals surface area contributed by atoms with Gasteiger partial charge < -0.3 is 15.7 Å². The summed E-state index contributed by atoms with van der Waals surface area (Å²) in [6.45, 7) is 0. The average molecular weight is 254 g/mol. The predicted octanol–water partition coefficient (Wildman–Crippen LogP) is 1.69. The summed E-state index contributed by atoms with van der Waals surface area (Å²) < 4.78 is 0. The molecule has 0 saturated heterocycles. The molecule has 3 aromatic rings. The Kier molecular flexibility index (Phi) is 2.05. The number of nitrogens with two attached hydrogens (primary N) is 1. The van der Waals surface area contributed by atoms with E-state index in [0.29, 0.717) is 0 Å². The maximum atomic E-state index is 6.26. The molecule has 0 radical (unpaired) electrons. The lowest BCUT2D eigenvalue weighted by atomic mass is 9.77. The largest absolute Gasteiger partial charge is 0.338 e. The van der Waals surface area contributed by atoms with Crippen LogP contribution in [-0.4, -0.2) is 24.9 Å². The van der Waals surface area contributed by atoms with Crippen molar-refractivity contribution in [2.24, 2.45) is 5.73 Å². The highest BCUT2D eigenvalue weighted by Crippen LogP contribution is 2.37. The van der Waals surface area contributed by atoms with Crippen LogP contribution in [0.3, 0.4) is 0 Å². The van der Waals surface area contributed by atoms with Crippen molar-refractivity contribution in [2.45, 2.75) is 24.8 Å². The third kappa shape index (κ3) is 1.57. The smallest absolute Gasteiger partial charge is 0.156 e. The van der Waals surface area contributed by atoms with E-state index in [1.54, 1.807) is 18.6 Å². The molecule has 4 rings (SSSR count). The lowest BCUT2D eigenvalue weighted by Gasteiger charge is -2.35. The molecule has 1 aliphatic rings. The highest BCUT2D eigenvalue weighted by Gasteiger charge is 2.37. The van der Waals surface area contributed by atoms with Crippen molar-refractivity contribution in [2.75, 3.05) is 0 Å². The van der Waals surface area contributed by atoms with Crippen LogP contribution in [0.25, 0.3) is 22.6 Å². The first-order valence-corrected chi connectivity index (χ1v) is 6.39. The Morgan fingerprint density at radius 1 is 1.21 bits per heavy atom. The Morgan fingerprint density at radius 2 is 2.11 bits per heavy atom. The number of aromatic nitrogens is 5. The highest BCUT2D eigenvalue weighted by atomic mass is 15.0. The summed E-state index contributed by atoms with van der Waals surface area (Å²) >= 11 is 0. The lowest BCUT2D eigenvalue weighted by Crippen LogP contribution is -2.44. The van der Waals surface area contributed by atoms with E-state index >= 15 is 0 Å². The SMILES string of the molecule is NC1(c2ncc(-c3nc4ccncc4[nH]3)[nH]2)CCC1. The molecule has 1 saturated carbocycles. The van der Waals surface area contributed by atoms with Gasteiger partial charge in [-0.1, -0.05) is 0 Å². The van der Waals surface area contributed by atoms with E-state index in [4.69, 9.17) is 5.73 Å². The van der Waals surface area contributed by atoms with Crippen molar-refractivity contribution in [3.63, 3.8) is 0 Å². The number of fused-ring (bicyclic) bond motifs is 1. The number of hydrogen-bond acceptors (Lipinski definition) is 4. The number of nitrogens with one attached hydrogen (secondary N) is 2. The van der Waals surface area contributed by atoms with E-state index in [0.717, 1.165) is 41.2 Å². The molecule has 96 valence electrons. The summed E-state index contributed by atoms with van der Waals surface area (Å²) in [7, 11) is 0. The molecule has 1 fully saturated rings. The van der Waals surface area contributed by atoms with Crippen LogP contribution in [0.4, 0.5) is 0 Å². The van der Waals surface area contributed by atoms with Gasteiger partial charge >= 0.3 is 0 Å². The molecule has 19 heavy (non-hydrogen) atoms. The zero-order valence-electron chi connectivity index (χ0n) is 10.3. The van der Waals surface area contributed by atoms with Gasteiger partial charge in [0.05, 0.1) is 29.0 Å². The molecule has 0 aromatic carbocycles. The van der Waals surface area contributed by atoms with Crippen LogP contribution < -0.4 is 5.73 Å². The van der Waals surface area contributed by atoms with E-state index in [-0.39, 0.29) is 5.54 Å². The summed E-state index contributed by atoms with van der Waals surface area (Å²) in [4.78, 5) is 19.5. The molecule has 4 N–H and O–H groups in total. The summed E-state index contributed by atoms with van der Waals surface area (Å²) in [5.74, 6) is 1.62. The van der Waals surface area contributed by atoms with Crippen LogP contribution in [0.1, 0.15) is 25.1 Å². The van der Waals surface area contributed by atoms with Gasteiger partial charge in [0.25, 0.3) is 0 Å². The van der Waals surface area contributed by atoms with Crippen LogP contribution in [0.15, 0.2) is 24.7 Å². The van der Waals surface area contributed by atoms with E-state index in [1.807, 2.05) is 6.07 Å². The number of nitrogens with zero attached hydrogens (tertiary/aromatic N) is 3. The number of pyridine rings is 1. The van der Waals surface area contributed by atoms with Gasteiger partial charge in [-0.3, -0.25) is 4.98 Å². The molecule has 0 atom stereocenters. The fourth-order valence-electron chi connectivity index (χ4n) is 2.47. The molecule has 6 nitrogen and oxygen atoms in total. The maximum absolute atomic E-state index is 6.26. The van der Waals surface area contributed by atoms with Crippen molar-refractivity contribution in [1.29, 1.82) is 0 Å². The van der Waals surface area contributed by atoms with Crippen LogP contribution in [0, 0.1) is 0 Å². The predicted molar refractivity (Wildman–Crippen MR) is 71.2 cm³/mol. The van der Waals surface area contributed by atoms with Gasteiger partial charge in [-0.2, -0.15) is 0 Å². The monoisotopic (exact) mass is 254 g/mol.